The van der Waals surface area contributed by atoms with Crippen LogP contribution in [0.1, 0.15) is 0 Å². The van der Waals surface area contributed by atoms with E-state index >= 15 is 0 Å². The summed E-state index contributed by atoms with van der Waals surface area (Å²) in [6.07, 6.45) is 1.91. The number of nitrogens with zero attached hydrogens (tertiary/aromatic N) is 4. The average molecular weight is 727 g/mol. The van der Waals surface area contributed by atoms with Crippen LogP contribution >= 0.6 is 19.7 Å². The Labute approximate surface area is 319 Å². The van der Waals surface area contributed by atoms with E-state index < -0.39 is 7.92 Å². The van der Waals surface area contributed by atoms with E-state index in [0.717, 1.165) is 33.3 Å². The standard InChI is InChI=1S/C48H31N4PS/c1-4-13-32(14-5-1)36-23-25-41-43(30-36)54-44-31-38(48-51-46(34-16-6-2-7-17-34)50-47(52-48)35-18-8-3-9-19-35)24-26-42(44)53(41)39-21-12-20-37(29-39)45-40-22-11-10-15-33(40)27-28-49-45/h1-31H. The molecule has 0 spiro atoms. The lowest BCUT2D eigenvalue weighted by molar-refractivity contribution is 1.07. The summed E-state index contributed by atoms with van der Waals surface area (Å²) in [4.78, 5) is 22.4. The van der Waals surface area contributed by atoms with Crippen molar-refractivity contribution in [2.75, 3.05) is 0 Å². The Balaban J connectivity index is 1.13. The third kappa shape index (κ3) is 6.08. The minimum atomic E-state index is -0.897. The molecule has 0 N–H and O–H groups in total. The van der Waals surface area contributed by atoms with Crippen molar-refractivity contribution < 1.29 is 0 Å². The van der Waals surface area contributed by atoms with Crippen LogP contribution in [0.15, 0.2) is 198 Å². The smallest absolute Gasteiger partial charge is 0.164 e. The molecule has 9 aromatic rings. The number of rotatable bonds is 6. The molecule has 1 unspecified atom stereocenters. The number of hydrogen-bond acceptors (Lipinski definition) is 5. The summed E-state index contributed by atoms with van der Waals surface area (Å²) in [5, 5.41) is 6.31. The lowest BCUT2D eigenvalue weighted by Crippen LogP contribution is -2.26. The maximum atomic E-state index is 5.06. The zero-order valence-corrected chi connectivity index (χ0v) is 30.8. The molecule has 3 heterocycles. The van der Waals surface area contributed by atoms with Crippen LogP contribution in [-0.4, -0.2) is 19.9 Å². The number of hydrogen-bond donors (Lipinski definition) is 0. The molecule has 0 saturated carbocycles. The Morgan fingerprint density at radius 2 is 0.926 bits per heavy atom. The van der Waals surface area contributed by atoms with Gasteiger partial charge in [-0.25, -0.2) is 15.0 Å². The molecule has 1 aliphatic rings. The Hall–Kier alpha value is -6.26. The molecule has 4 nitrogen and oxygen atoms in total. The Morgan fingerprint density at radius 1 is 0.389 bits per heavy atom. The lowest BCUT2D eigenvalue weighted by atomic mass is 10.0. The third-order valence-corrected chi connectivity index (χ3v) is 13.7. The van der Waals surface area contributed by atoms with E-state index in [-0.39, 0.29) is 0 Å². The van der Waals surface area contributed by atoms with Crippen molar-refractivity contribution in [3.63, 3.8) is 0 Å². The summed E-state index contributed by atoms with van der Waals surface area (Å²) in [5.41, 5.74) is 7.42. The van der Waals surface area contributed by atoms with E-state index in [1.165, 1.54) is 42.2 Å². The summed E-state index contributed by atoms with van der Waals surface area (Å²) in [5.74, 6) is 1.97. The van der Waals surface area contributed by atoms with Crippen molar-refractivity contribution in [1.29, 1.82) is 0 Å². The lowest BCUT2D eigenvalue weighted by Gasteiger charge is -2.29. The zero-order valence-electron chi connectivity index (χ0n) is 29.0. The summed E-state index contributed by atoms with van der Waals surface area (Å²) in [6, 6.07) is 64.3. The second kappa shape index (κ2) is 13.9. The van der Waals surface area contributed by atoms with Gasteiger partial charge in [0.05, 0.1) is 5.69 Å². The Bertz CT molecular complexity index is 2750. The average Bonchev–Trinajstić information content (AvgIpc) is 3.25. The molecular formula is C48H31N4PS. The molecule has 0 amide bonds. The van der Waals surface area contributed by atoms with Crippen molar-refractivity contribution >= 4 is 46.4 Å². The van der Waals surface area contributed by atoms with E-state index in [1.807, 2.05) is 78.6 Å². The van der Waals surface area contributed by atoms with E-state index in [2.05, 4.69) is 121 Å². The minimum absolute atomic E-state index is 0.656. The van der Waals surface area contributed by atoms with Crippen LogP contribution in [0.3, 0.4) is 0 Å². The van der Waals surface area contributed by atoms with Gasteiger partial charge < -0.3 is 0 Å². The monoisotopic (exact) mass is 726 g/mol. The predicted octanol–water partition coefficient (Wildman–Crippen LogP) is 11.0. The first-order valence-electron chi connectivity index (χ1n) is 17.9. The van der Waals surface area contributed by atoms with Gasteiger partial charge in [0.1, 0.15) is 0 Å². The van der Waals surface area contributed by atoms with Gasteiger partial charge in [-0.05, 0) is 64.6 Å². The fourth-order valence-corrected chi connectivity index (χ4v) is 11.2. The van der Waals surface area contributed by atoms with Gasteiger partial charge >= 0.3 is 0 Å². The van der Waals surface area contributed by atoms with E-state index in [9.17, 15) is 0 Å². The van der Waals surface area contributed by atoms with Crippen LogP contribution in [0.2, 0.25) is 0 Å². The number of pyridine rings is 1. The quantitative estimate of drug-likeness (QED) is 0.160. The van der Waals surface area contributed by atoms with Crippen LogP contribution < -0.4 is 15.9 Å². The van der Waals surface area contributed by atoms with Gasteiger partial charge in [-0.3, -0.25) is 4.98 Å². The SMILES string of the molecule is c1ccc(-c2ccc3c(c2)Sc2cc(-c4nc(-c5ccccc5)nc(-c5ccccc5)n4)ccc2P3c2cccc(-c3nccc4ccccc34)c2)cc1. The largest absolute Gasteiger partial charge is 0.256 e. The molecule has 10 rings (SSSR count). The highest BCUT2D eigenvalue weighted by Gasteiger charge is 2.29. The summed E-state index contributed by atoms with van der Waals surface area (Å²) < 4.78 is 0. The second-order valence-corrected chi connectivity index (χ2v) is 16.4. The maximum Gasteiger partial charge on any atom is 0.164 e. The van der Waals surface area contributed by atoms with Crippen LogP contribution in [0.5, 0.6) is 0 Å². The summed E-state index contributed by atoms with van der Waals surface area (Å²) in [6.45, 7) is 0. The molecule has 0 bridgehead atoms. The highest BCUT2D eigenvalue weighted by atomic mass is 32.2. The first kappa shape index (κ1) is 32.4. The minimum Gasteiger partial charge on any atom is -0.256 e. The maximum absolute atomic E-state index is 5.06. The van der Waals surface area contributed by atoms with Crippen LogP contribution in [0.4, 0.5) is 0 Å². The number of aromatic nitrogens is 4. The molecule has 0 fully saturated rings. The highest BCUT2D eigenvalue weighted by Crippen LogP contribution is 2.48. The highest BCUT2D eigenvalue weighted by molar-refractivity contribution is 8.02. The molecule has 0 saturated heterocycles. The molecule has 7 aromatic carbocycles. The zero-order chi connectivity index (χ0) is 35.8. The second-order valence-electron chi connectivity index (χ2n) is 13.1. The van der Waals surface area contributed by atoms with Gasteiger partial charge in [0.25, 0.3) is 0 Å². The van der Waals surface area contributed by atoms with Crippen molar-refractivity contribution in [3.05, 3.63) is 188 Å². The van der Waals surface area contributed by atoms with Crippen molar-refractivity contribution in [1.82, 2.24) is 19.9 Å². The molecule has 1 atom stereocenters. The topological polar surface area (TPSA) is 51.6 Å². The summed E-state index contributed by atoms with van der Waals surface area (Å²) >= 11 is 1.83. The van der Waals surface area contributed by atoms with E-state index in [1.54, 1.807) is 0 Å². The molecule has 1 aliphatic heterocycles. The van der Waals surface area contributed by atoms with Gasteiger partial charge in [-0.15, -0.1) is 0 Å². The fraction of sp³-hybridized carbons (Fsp3) is 0. The third-order valence-electron chi connectivity index (χ3n) is 9.74. The van der Waals surface area contributed by atoms with Gasteiger partial charge in [-0.2, -0.15) is 0 Å². The number of fused-ring (bicyclic) bond motifs is 3. The van der Waals surface area contributed by atoms with Crippen LogP contribution in [0, 0.1) is 0 Å². The van der Waals surface area contributed by atoms with Gasteiger partial charge in [0.2, 0.25) is 0 Å². The van der Waals surface area contributed by atoms with Crippen LogP contribution in [0.25, 0.3) is 67.3 Å². The van der Waals surface area contributed by atoms with Crippen molar-refractivity contribution in [2.45, 2.75) is 9.79 Å². The molecule has 0 radical (unpaired) electrons. The van der Waals surface area contributed by atoms with E-state index in [0.29, 0.717) is 17.5 Å². The van der Waals surface area contributed by atoms with E-state index in [4.69, 9.17) is 19.9 Å². The van der Waals surface area contributed by atoms with Gasteiger partial charge in [0.15, 0.2) is 17.5 Å². The van der Waals surface area contributed by atoms with Gasteiger partial charge in [0, 0.05) is 43.6 Å². The Kier molecular flexibility index (Phi) is 8.37. The molecule has 54 heavy (non-hydrogen) atoms. The predicted molar refractivity (Wildman–Crippen MR) is 225 cm³/mol. The molecule has 2 aromatic heterocycles. The Morgan fingerprint density at radius 3 is 1.59 bits per heavy atom. The normalized spacial score (nSPS) is 13.3. The first-order chi connectivity index (χ1) is 26.7. The van der Waals surface area contributed by atoms with Crippen molar-refractivity contribution in [3.8, 4) is 56.5 Å². The first-order valence-corrected chi connectivity index (χ1v) is 20.0. The number of benzene rings is 7. The van der Waals surface area contributed by atoms with Gasteiger partial charge in [-0.1, -0.05) is 169 Å². The fourth-order valence-electron chi connectivity index (χ4n) is 7.12. The van der Waals surface area contributed by atoms with Crippen molar-refractivity contribution in [2.24, 2.45) is 0 Å². The molecule has 0 aliphatic carbocycles. The molecule has 254 valence electrons. The molecular weight excluding hydrogens is 696 g/mol. The molecule has 6 heteroatoms. The summed E-state index contributed by atoms with van der Waals surface area (Å²) in [7, 11) is -0.897. The van der Waals surface area contributed by atoms with Crippen LogP contribution in [-0.2, 0) is 0 Å².